The zero-order chi connectivity index (χ0) is 15.6. The topological polar surface area (TPSA) is 34.1 Å². The molecule has 0 aliphatic carbocycles. The quantitative estimate of drug-likeness (QED) is 0.589. The molecule has 0 unspecified atom stereocenters. The number of methoxy groups -OCH3 is 1. The molecule has 2 aromatic rings. The van der Waals surface area contributed by atoms with E-state index in [-0.39, 0.29) is 0 Å². The highest BCUT2D eigenvalue weighted by molar-refractivity contribution is 9.11. The predicted octanol–water partition coefficient (Wildman–Crippen LogP) is 5.84. The molecule has 1 N–H and O–H groups in total. The number of benzene rings is 1. The van der Waals surface area contributed by atoms with E-state index in [1.165, 1.54) is 0 Å². The largest absolute Gasteiger partial charge is 0.495 e. The summed E-state index contributed by atoms with van der Waals surface area (Å²) in [6.45, 7) is 2.47. The maximum atomic E-state index is 6.13. The second-order valence-corrected chi connectivity index (χ2v) is 6.88. The van der Waals surface area contributed by atoms with Crippen molar-refractivity contribution in [2.75, 3.05) is 12.4 Å². The third kappa shape index (κ3) is 4.03. The number of ether oxygens (including phenoxy) is 1. The fourth-order valence-electron chi connectivity index (χ4n) is 1.96. The number of rotatable bonds is 4. The van der Waals surface area contributed by atoms with Crippen LogP contribution in [-0.4, -0.2) is 12.1 Å². The van der Waals surface area contributed by atoms with E-state index in [2.05, 4.69) is 42.2 Å². The molecular weight excluding hydrogens is 443 g/mol. The first-order valence-electron chi connectivity index (χ1n) is 6.00. The van der Waals surface area contributed by atoms with Crippen LogP contribution >= 0.6 is 55.1 Å². The molecule has 0 saturated carbocycles. The minimum absolute atomic E-state index is 0.355. The van der Waals surface area contributed by atoms with Crippen molar-refractivity contribution in [2.45, 2.75) is 13.5 Å². The molecule has 1 heterocycles. The summed E-state index contributed by atoms with van der Waals surface area (Å²) >= 11 is 19.0. The minimum Gasteiger partial charge on any atom is -0.495 e. The lowest BCUT2D eigenvalue weighted by molar-refractivity contribution is 0.407. The van der Waals surface area contributed by atoms with Crippen LogP contribution < -0.4 is 10.1 Å². The number of aryl methyl sites for hydroxylation is 1. The molecule has 0 aliphatic rings. The molecule has 0 fully saturated rings. The van der Waals surface area contributed by atoms with Crippen molar-refractivity contribution in [3.8, 4) is 5.75 Å². The van der Waals surface area contributed by atoms with Crippen LogP contribution in [0.1, 0.15) is 11.1 Å². The van der Waals surface area contributed by atoms with Crippen LogP contribution in [0.3, 0.4) is 0 Å². The molecule has 0 bridgehead atoms. The monoisotopic (exact) mass is 452 g/mol. The molecule has 3 nitrogen and oxygen atoms in total. The van der Waals surface area contributed by atoms with E-state index in [0.717, 1.165) is 31.5 Å². The Morgan fingerprint density at radius 3 is 2.57 bits per heavy atom. The van der Waals surface area contributed by atoms with Gasteiger partial charge >= 0.3 is 0 Å². The van der Waals surface area contributed by atoms with Crippen LogP contribution in [0.25, 0.3) is 0 Å². The van der Waals surface area contributed by atoms with Crippen molar-refractivity contribution < 1.29 is 4.74 Å². The lowest BCUT2D eigenvalue weighted by Crippen LogP contribution is -2.05. The molecule has 0 amide bonds. The highest BCUT2D eigenvalue weighted by atomic mass is 79.9. The van der Waals surface area contributed by atoms with Crippen molar-refractivity contribution in [1.82, 2.24) is 4.98 Å². The van der Waals surface area contributed by atoms with E-state index in [0.29, 0.717) is 16.9 Å². The molecule has 0 spiro atoms. The van der Waals surface area contributed by atoms with Crippen LogP contribution in [-0.2, 0) is 6.54 Å². The van der Waals surface area contributed by atoms with Gasteiger partial charge in [0.25, 0.3) is 0 Å². The van der Waals surface area contributed by atoms with E-state index in [1.54, 1.807) is 13.2 Å². The highest BCUT2D eigenvalue weighted by Crippen LogP contribution is 2.34. The first kappa shape index (κ1) is 16.9. The van der Waals surface area contributed by atoms with E-state index in [1.807, 2.05) is 19.1 Å². The molecule has 0 atom stereocenters. The van der Waals surface area contributed by atoms with Gasteiger partial charge in [-0.2, -0.15) is 0 Å². The average molecular weight is 455 g/mol. The van der Waals surface area contributed by atoms with Gasteiger partial charge in [0, 0.05) is 16.6 Å². The molecule has 21 heavy (non-hydrogen) atoms. The number of hydrogen-bond acceptors (Lipinski definition) is 3. The summed E-state index contributed by atoms with van der Waals surface area (Å²) < 4.78 is 7.27. The number of pyridine rings is 1. The molecule has 0 saturated heterocycles. The molecule has 0 radical (unpaired) electrons. The Kier molecular flexibility index (Phi) is 5.77. The first-order valence-corrected chi connectivity index (χ1v) is 8.35. The molecule has 2 rings (SSSR count). The zero-order valence-electron chi connectivity index (χ0n) is 11.3. The fraction of sp³-hybridized carbons (Fsp3) is 0.214. The molecule has 1 aromatic carbocycles. The Labute approximate surface area is 150 Å². The van der Waals surface area contributed by atoms with Gasteiger partial charge in [-0.05, 0) is 46.6 Å². The van der Waals surface area contributed by atoms with Crippen LogP contribution in [0.4, 0.5) is 5.69 Å². The first-order chi connectivity index (χ1) is 9.92. The van der Waals surface area contributed by atoms with Gasteiger partial charge in [0.2, 0.25) is 0 Å². The number of aromatic nitrogens is 1. The maximum Gasteiger partial charge on any atom is 0.154 e. The second-order valence-electron chi connectivity index (χ2n) is 4.36. The Hall–Kier alpha value is -0.490. The Balaban J connectivity index is 2.29. The number of halogens is 4. The summed E-state index contributed by atoms with van der Waals surface area (Å²) in [5.41, 5.74) is 2.69. The number of nitrogens with one attached hydrogen (secondary N) is 1. The second kappa shape index (κ2) is 7.18. The lowest BCUT2D eigenvalue weighted by Gasteiger charge is -2.15. The van der Waals surface area contributed by atoms with Crippen LogP contribution in [0.2, 0.25) is 10.3 Å². The van der Waals surface area contributed by atoms with Crippen LogP contribution in [0.15, 0.2) is 27.1 Å². The van der Waals surface area contributed by atoms with Crippen molar-refractivity contribution in [3.05, 3.63) is 48.6 Å². The third-order valence-electron chi connectivity index (χ3n) is 2.89. The van der Waals surface area contributed by atoms with Gasteiger partial charge in [0.1, 0.15) is 10.9 Å². The Morgan fingerprint density at radius 2 is 1.95 bits per heavy atom. The van der Waals surface area contributed by atoms with Gasteiger partial charge in [-0.15, -0.1) is 0 Å². The SMILES string of the molecule is COc1c(Br)cc(Br)cc1CNc1c(C)cc(Cl)nc1Cl. The summed E-state index contributed by atoms with van der Waals surface area (Å²) in [4.78, 5) is 4.04. The molecular formula is C14H12Br2Cl2N2O. The van der Waals surface area contributed by atoms with Crippen molar-refractivity contribution in [1.29, 1.82) is 0 Å². The standard InChI is InChI=1S/C14H12Br2Cl2N2O/c1-7-3-11(17)20-14(18)12(7)19-6-8-4-9(15)5-10(16)13(8)21-2/h3-5,19H,6H2,1-2H3. The lowest BCUT2D eigenvalue weighted by atomic mass is 10.2. The minimum atomic E-state index is 0.355. The third-order valence-corrected chi connectivity index (χ3v) is 4.40. The fourth-order valence-corrected chi connectivity index (χ4v) is 4.04. The smallest absolute Gasteiger partial charge is 0.154 e. The summed E-state index contributed by atoms with van der Waals surface area (Å²) in [6.07, 6.45) is 0. The van der Waals surface area contributed by atoms with Crippen molar-refractivity contribution in [3.63, 3.8) is 0 Å². The van der Waals surface area contributed by atoms with Gasteiger partial charge in [-0.1, -0.05) is 39.1 Å². The van der Waals surface area contributed by atoms with Crippen molar-refractivity contribution >= 4 is 60.7 Å². The zero-order valence-corrected chi connectivity index (χ0v) is 16.0. The Morgan fingerprint density at radius 1 is 1.24 bits per heavy atom. The summed E-state index contributed by atoms with van der Waals surface area (Å²) in [7, 11) is 1.64. The van der Waals surface area contributed by atoms with E-state index < -0.39 is 0 Å². The molecule has 1 aromatic heterocycles. The van der Waals surface area contributed by atoms with Gasteiger partial charge in [-0.25, -0.2) is 4.98 Å². The van der Waals surface area contributed by atoms with Crippen molar-refractivity contribution in [2.24, 2.45) is 0 Å². The molecule has 7 heteroatoms. The number of nitrogens with zero attached hydrogens (tertiary/aromatic N) is 1. The number of anilines is 1. The summed E-state index contributed by atoms with van der Waals surface area (Å²) in [5.74, 6) is 0.779. The van der Waals surface area contributed by atoms with Crippen LogP contribution in [0.5, 0.6) is 5.75 Å². The Bertz CT molecular complexity index is 657. The van der Waals surface area contributed by atoms with E-state index >= 15 is 0 Å². The van der Waals surface area contributed by atoms with E-state index in [4.69, 9.17) is 27.9 Å². The van der Waals surface area contributed by atoms with E-state index in [9.17, 15) is 0 Å². The highest BCUT2D eigenvalue weighted by Gasteiger charge is 2.12. The van der Waals surface area contributed by atoms with Gasteiger partial charge in [0.15, 0.2) is 5.15 Å². The van der Waals surface area contributed by atoms with Crippen LogP contribution in [0, 0.1) is 6.92 Å². The summed E-state index contributed by atoms with van der Waals surface area (Å²) in [5, 5.41) is 4.01. The summed E-state index contributed by atoms with van der Waals surface area (Å²) in [6, 6.07) is 5.69. The number of hydrogen-bond donors (Lipinski definition) is 1. The molecule has 112 valence electrons. The average Bonchev–Trinajstić information content (AvgIpc) is 2.36. The maximum absolute atomic E-state index is 6.13. The predicted molar refractivity (Wildman–Crippen MR) is 94.7 cm³/mol. The molecule has 0 aliphatic heterocycles. The van der Waals surface area contributed by atoms with Gasteiger partial charge in [-0.3, -0.25) is 0 Å². The van der Waals surface area contributed by atoms with Gasteiger partial charge in [0.05, 0.1) is 17.3 Å². The normalized spacial score (nSPS) is 10.6. The van der Waals surface area contributed by atoms with Gasteiger partial charge < -0.3 is 10.1 Å².